The highest BCUT2D eigenvalue weighted by molar-refractivity contribution is 7.89. The number of hydrogen-bond acceptors (Lipinski definition) is 5. The lowest BCUT2D eigenvalue weighted by molar-refractivity contribution is 0.102. The quantitative estimate of drug-likeness (QED) is 0.622. The average molecular weight is 450 g/mol. The molecule has 0 bridgehead atoms. The maximum Gasteiger partial charge on any atom is 0.257 e. The van der Waals surface area contributed by atoms with Crippen molar-refractivity contribution in [3.63, 3.8) is 0 Å². The minimum atomic E-state index is -3.56. The van der Waals surface area contributed by atoms with Crippen molar-refractivity contribution in [2.24, 2.45) is 0 Å². The molecule has 2 heterocycles. The lowest BCUT2D eigenvalue weighted by atomic mass is 10.1. The van der Waals surface area contributed by atoms with E-state index >= 15 is 0 Å². The molecule has 1 N–H and O–H groups in total. The van der Waals surface area contributed by atoms with Gasteiger partial charge >= 0.3 is 0 Å². The van der Waals surface area contributed by atoms with Gasteiger partial charge in [0.1, 0.15) is 5.52 Å². The summed E-state index contributed by atoms with van der Waals surface area (Å²) in [5.41, 5.74) is 1.01. The minimum absolute atomic E-state index is 0.0115. The second-order valence-electron chi connectivity index (χ2n) is 7.04. The number of para-hydroxylation sites is 1. The number of piperidine rings is 1. The molecule has 152 valence electrons. The Morgan fingerprint density at radius 3 is 2.66 bits per heavy atom. The van der Waals surface area contributed by atoms with Gasteiger partial charge in [0.05, 0.1) is 14.6 Å². The molecule has 3 aromatic rings. The van der Waals surface area contributed by atoms with Crippen molar-refractivity contribution >= 4 is 54.2 Å². The Kier molecular flexibility index (Phi) is 5.61. The van der Waals surface area contributed by atoms with Gasteiger partial charge in [-0.2, -0.15) is 4.31 Å². The molecule has 1 unspecified atom stereocenters. The third-order valence-electron chi connectivity index (χ3n) is 5.06. The molecule has 6 nitrogen and oxygen atoms in total. The predicted molar refractivity (Wildman–Crippen MR) is 116 cm³/mol. The summed E-state index contributed by atoms with van der Waals surface area (Å²) in [5.74, 6) is -0.351. The van der Waals surface area contributed by atoms with Gasteiger partial charge in [-0.05, 0) is 56.2 Å². The number of hydrogen-bond donors (Lipinski definition) is 1. The van der Waals surface area contributed by atoms with E-state index in [-0.39, 0.29) is 16.8 Å². The number of anilines is 1. The van der Waals surface area contributed by atoms with Crippen LogP contribution in [-0.2, 0) is 10.0 Å². The van der Waals surface area contributed by atoms with Crippen LogP contribution >= 0.6 is 22.9 Å². The molecular weight excluding hydrogens is 430 g/mol. The smallest absolute Gasteiger partial charge is 0.257 e. The first-order valence-electron chi connectivity index (χ1n) is 9.34. The van der Waals surface area contributed by atoms with Crippen LogP contribution < -0.4 is 5.32 Å². The minimum Gasteiger partial charge on any atom is -0.298 e. The van der Waals surface area contributed by atoms with Gasteiger partial charge in [-0.25, -0.2) is 13.4 Å². The summed E-state index contributed by atoms with van der Waals surface area (Å²) in [4.78, 5) is 17.1. The molecule has 0 spiro atoms. The number of benzene rings is 2. The van der Waals surface area contributed by atoms with E-state index in [1.54, 1.807) is 10.4 Å². The summed E-state index contributed by atoms with van der Waals surface area (Å²) in [6, 6.07) is 11.5. The predicted octanol–water partition coefficient (Wildman–Crippen LogP) is 4.77. The van der Waals surface area contributed by atoms with Crippen molar-refractivity contribution in [3.05, 3.63) is 53.1 Å². The van der Waals surface area contributed by atoms with Crippen LogP contribution in [0.4, 0.5) is 5.13 Å². The summed E-state index contributed by atoms with van der Waals surface area (Å²) in [6.45, 7) is 2.47. The molecule has 1 amide bonds. The molecule has 0 radical (unpaired) electrons. The van der Waals surface area contributed by atoms with Gasteiger partial charge in [0.15, 0.2) is 5.13 Å². The summed E-state index contributed by atoms with van der Waals surface area (Å²) in [5, 5.41) is 3.72. The Morgan fingerprint density at radius 2 is 1.97 bits per heavy atom. The van der Waals surface area contributed by atoms with Crippen molar-refractivity contribution in [2.75, 3.05) is 11.9 Å². The van der Waals surface area contributed by atoms with Gasteiger partial charge in [-0.1, -0.05) is 35.4 Å². The van der Waals surface area contributed by atoms with Crippen LogP contribution in [0, 0.1) is 0 Å². The lowest BCUT2D eigenvalue weighted by Gasteiger charge is -2.32. The van der Waals surface area contributed by atoms with Crippen LogP contribution in [0.2, 0.25) is 5.02 Å². The van der Waals surface area contributed by atoms with Crippen LogP contribution in [0.3, 0.4) is 0 Å². The summed E-state index contributed by atoms with van der Waals surface area (Å²) >= 11 is 7.46. The molecular formula is C20H20ClN3O3S2. The third-order valence-corrected chi connectivity index (χ3v) is 8.32. The zero-order valence-corrected chi connectivity index (χ0v) is 18.1. The van der Waals surface area contributed by atoms with Crippen LogP contribution in [0.25, 0.3) is 10.2 Å². The number of thiazole rings is 1. The number of aromatic nitrogens is 1. The van der Waals surface area contributed by atoms with E-state index in [1.807, 2.05) is 19.1 Å². The summed E-state index contributed by atoms with van der Waals surface area (Å²) in [7, 11) is -3.56. The van der Waals surface area contributed by atoms with Crippen molar-refractivity contribution in [3.8, 4) is 0 Å². The molecule has 4 rings (SSSR count). The summed E-state index contributed by atoms with van der Waals surface area (Å²) in [6.07, 6.45) is 2.78. The Balaban J connectivity index is 1.52. The Bertz CT molecular complexity index is 1160. The van der Waals surface area contributed by atoms with Crippen molar-refractivity contribution in [1.29, 1.82) is 0 Å². The number of carbonyl (C=O) groups is 1. The van der Waals surface area contributed by atoms with E-state index < -0.39 is 10.0 Å². The highest BCUT2D eigenvalue weighted by Gasteiger charge is 2.30. The van der Waals surface area contributed by atoms with Crippen molar-refractivity contribution in [2.45, 2.75) is 37.1 Å². The van der Waals surface area contributed by atoms with Gasteiger partial charge < -0.3 is 0 Å². The van der Waals surface area contributed by atoms with E-state index in [9.17, 15) is 13.2 Å². The molecule has 1 atom stereocenters. The fraction of sp³-hybridized carbons (Fsp3) is 0.300. The molecule has 1 aliphatic rings. The van der Waals surface area contributed by atoms with Gasteiger partial charge in [-0.3, -0.25) is 10.1 Å². The van der Waals surface area contributed by atoms with Crippen molar-refractivity contribution < 1.29 is 13.2 Å². The van der Waals surface area contributed by atoms with E-state index in [0.717, 1.165) is 24.0 Å². The number of halogens is 1. The number of nitrogens with one attached hydrogen (secondary N) is 1. The lowest BCUT2D eigenvalue weighted by Crippen LogP contribution is -2.41. The zero-order valence-electron chi connectivity index (χ0n) is 15.8. The highest BCUT2D eigenvalue weighted by Crippen LogP contribution is 2.31. The van der Waals surface area contributed by atoms with E-state index in [1.165, 1.54) is 35.6 Å². The van der Waals surface area contributed by atoms with Gasteiger partial charge in [-0.15, -0.1) is 0 Å². The fourth-order valence-corrected chi connectivity index (χ4v) is 6.34. The maximum atomic E-state index is 12.9. The molecule has 29 heavy (non-hydrogen) atoms. The first-order valence-corrected chi connectivity index (χ1v) is 12.0. The molecule has 2 aromatic carbocycles. The zero-order chi connectivity index (χ0) is 20.6. The number of rotatable bonds is 4. The Labute approximate surface area is 178 Å². The maximum absolute atomic E-state index is 12.9. The fourth-order valence-electron chi connectivity index (χ4n) is 3.48. The van der Waals surface area contributed by atoms with Crippen LogP contribution in [-0.4, -0.2) is 36.2 Å². The Morgan fingerprint density at radius 1 is 1.21 bits per heavy atom. The SMILES string of the molecule is CC1CCCCN1S(=O)(=O)c1ccc(C(=O)Nc2nc3c(Cl)cccc3s2)cc1. The molecule has 1 saturated heterocycles. The van der Waals surface area contributed by atoms with Gasteiger partial charge in [0.25, 0.3) is 5.91 Å². The number of carbonyl (C=O) groups excluding carboxylic acids is 1. The van der Waals surface area contributed by atoms with E-state index in [4.69, 9.17) is 11.6 Å². The van der Waals surface area contributed by atoms with Gasteiger partial charge in [0, 0.05) is 18.2 Å². The average Bonchev–Trinajstić information content (AvgIpc) is 3.12. The van der Waals surface area contributed by atoms with Crippen LogP contribution in [0.1, 0.15) is 36.5 Å². The molecule has 1 aromatic heterocycles. The molecule has 1 fully saturated rings. The Hall–Kier alpha value is -2.00. The summed E-state index contributed by atoms with van der Waals surface area (Å²) < 4.78 is 28.2. The molecule has 9 heteroatoms. The largest absolute Gasteiger partial charge is 0.298 e. The van der Waals surface area contributed by atoms with E-state index in [2.05, 4.69) is 10.3 Å². The van der Waals surface area contributed by atoms with Crippen LogP contribution in [0.5, 0.6) is 0 Å². The number of nitrogens with zero attached hydrogens (tertiary/aromatic N) is 2. The number of amides is 1. The van der Waals surface area contributed by atoms with E-state index in [0.29, 0.717) is 27.8 Å². The normalized spacial score (nSPS) is 18.1. The second kappa shape index (κ2) is 8.02. The second-order valence-corrected chi connectivity index (χ2v) is 10.4. The van der Waals surface area contributed by atoms with Crippen LogP contribution in [0.15, 0.2) is 47.4 Å². The standard InChI is InChI=1S/C20H20ClN3O3S2/c1-13-5-2-3-12-24(13)29(26,27)15-10-8-14(9-11-15)19(25)23-20-22-18-16(21)6-4-7-17(18)28-20/h4,6-11,13H,2-3,5,12H2,1H3,(H,22,23,25). The first kappa shape index (κ1) is 20.3. The number of sulfonamides is 1. The molecule has 1 aliphatic heterocycles. The molecule has 0 saturated carbocycles. The first-order chi connectivity index (χ1) is 13.9. The number of fused-ring (bicyclic) bond motifs is 1. The molecule has 0 aliphatic carbocycles. The topological polar surface area (TPSA) is 79.4 Å². The highest BCUT2D eigenvalue weighted by atomic mass is 35.5. The van der Waals surface area contributed by atoms with Crippen molar-refractivity contribution in [1.82, 2.24) is 9.29 Å². The monoisotopic (exact) mass is 449 g/mol. The third kappa shape index (κ3) is 4.02. The van der Waals surface area contributed by atoms with Gasteiger partial charge in [0.2, 0.25) is 10.0 Å².